The van der Waals surface area contributed by atoms with E-state index in [0.717, 1.165) is 12.1 Å². The van der Waals surface area contributed by atoms with Crippen LogP contribution in [0.5, 0.6) is 0 Å². The van der Waals surface area contributed by atoms with Crippen LogP contribution < -0.4 is 4.72 Å². The number of rotatable bonds is 7. The topological polar surface area (TPSA) is 99.7 Å². The number of nitrogens with one attached hydrogen (secondary N) is 1. The molecule has 12 heteroatoms. The van der Waals surface area contributed by atoms with Crippen LogP contribution in [0.2, 0.25) is 0 Å². The number of alkyl halides is 3. The van der Waals surface area contributed by atoms with E-state index in [2.05, 4.69) is 9.71 Å². The number of hydrogen-bond donors (Lipinski definition) is 1. The van der Waals surface area contributed by atoms with E-state index in [9.17, 15) is 31.2 Å². The van der Waals surface area contributed by atoms with Crippen molar-refractivity contribution in [2.45, 2.75) is 36.4 Å². The molecule has 1 aliphatic carbocycles. The van der Waals surface area contributed by atoms with Gasteiger partial charge in [0.15, 0.2) is 0 Å². The van der Waals surface area contributed by atoms with Gasteiger partial charge < -0.3 is 9.80 Å². The lowest BCUT2D eigenvalue weighted by molar-refractivity contribution is -0.137. The van der Waals surface area contributed by atoms with Crippen LogP contribution in [0.15, 0.2) is 89.5 Å². The van der Waals surface area contributed by atoms with Crippen molar-refractivity contribution in [3.63, 3.8) is 0 Å². The number of fused-ring (bicyclic) bond motifs is 1. The van der Waals surface area contributed by atoms with Gasteiger partial charge >= 0.3 is 6.18 Å². The van der Waals surface area contributed by atoms with Crippen LogP contribution in [0.4, 0.5) is 13.2 Å². The van der Waals surface area contributed by atoms with Crippen LogP contribution >= 0.6 is 0 Å². The molecule has 42 heavy (non-hydrogen) atoms. The Morgan fingerprint density at radius 1 is 0.952 bits per heavy atom. The van der Waals surface area contributed by atoms with Gasteiger partial charge in [-0.1, -0.05) is 48.6 Å². The second-order valence-corrected chi connectivity index (χ2v) is 11.9. The third-order valence-electron chi connectivity index (χ3n) is 7.37. The maximum absolute atomic E-state index is 13.1. The number of hydrogen-bond acceptors (Lipinski definition) is 5. The first-order valence-electron chi connectivity index (χ1n) is 13.5. The summed E-state index contributed by atoms with van der Waals surface area (Å²) in [6.45, 7) is 1.41. The van der Waals surface area contributed by atoms with Crippen molar-refractivity contribution in [2.24, 2.45) is 0 Å². The molecule has 0 saturated carbocycles. The molecule has 0 spiro atoms. The Kier molecular flexibility index (Phi) is 8.46. The number of aromatic nitrogens is 1. The molecule has 0 radical (unpaired) electrons. The standard InChI is InChI=1S/C30H29F3N4O4S/c31-30(32,33)24-11-6-21(7-12-24)8-15-27(38)36-17-19-37(20-18-36)29(39)23-9-13-25(14-10-23)35-42(40,41)26-5-1-3-22-4-2-16-34-28(22)26/h1-7,9-13,16,25,35H,8,14-15,17-20H2. The minimum atomic E-state index is -4.40. The fraction of sp³-hybridized carbons (Fsp3) is 0.300. The van der Waals surface area contributed by atoms with Crippen molar-refractivity contribution in [1.82, 2.24) is 19.5 Å². The van der Waals surface area contributed by atoms with E-state index in [1.165, 1.54) is 18.2 Å². The summed E-state index contributed by atoms with van der Waals surface area (Å²) < 4.78 is 67.1. The Morgan fingerprint density at radius 2 is 1.64 bits per heavy atom. The third kappa shape index (κ3) is 6.71. The fourth-order valence-electron chi connectivity index (χ4n) is 5.03. The Labute approximate surface area is 241 Å². The minimum Gasteiger partial charge on any atom is -0.339 e. The number of benzene rings is 2. The van der Waals surface area contributed by atoms with Gasteiger partial charge in [0.2, 0.25) is 15.9 Å². The molecule has 1 atom stereocenters. The fourth-order valence-corrected chi connectivity index (χ4v) is 6.42. The number of nitrogens with zero attached hydrogens (tertiary/aromatic N) is 3. The van der Waals surface area contributed by atoms with Crippen molar-refractivity contribution in [3.8, 4) is 0 Å². The molecule has 220 valence electrons. The normalized spacial score (nSPS) is 17.8. The monoisotopic (exact) mass is 598 g/mol. The Hall–Kier alpha value is -4.03. The summed E-state index contributed by atoms with van der Waals surface area (Å²) in [5.74, 6) is -0.307. The summed E-state index contributed by atoms with van der Waals surface area (Å²) in [6.07, 6.45) is 2.92. The van der Waals surface area contributed by atoms with Crippen molar-refractivity contribution in [3.05, 3.63) is 95.7 Å². The maximum Gasteiger partial charge on any atom is 0.416 e. The summed E-state index contributed by atoms with van der Waals surface area (Å²) in [4.78, 5) is 33.4. The smallest absolute Gasteiger partial charge is 0.339 e. The van der Waals surface area contributed by atoms with Gasteiger partial charge in [-0.25, -0.2) is 13.1 Å². The molecule has 8 nitrogen and oxygen atoms in total. The first-order chi connectivity index (χ1) is 20.0. The van der Waals surface area contributed by atoms with Gasteiger partial charge in [0.05, 0.1) is 11.1 Å². The molecule has 2 heterocycles. The predicted molar refractivity (Wildman–Crippen MR) is 151 cm³/mol. The highest BCUT2D eigenvalue weighted by molar-refractivity contribution is 7.89. The number of carbonyl (C=O) groups excluding carboxylic acids is 2. The van der Waals surface area contributed by atoms with Crippen LogP contribution in [0.1, 0.15) is 24.0 Å². The molecule has 1 unspecified atom stereocenters. The Balaban J connectivity index is 1.10. The van der Waals surface area contributed by atoms with Crippen LogP contribution in [-0.2, 0) is 32.2 Å². The molecule has 1 aromatic heterocycles. The molecular formula is C30H29F3N4O4S. The molecule has 2 aliphatic rings. The zero-order valence-corrected chi connectivity index (χ0v) is 23.4. The van der Waals surface area contributed by atoms with E-state index in [1.54, 1.807) is 58.5 Å². The Bertz CT molecular complexity index is 1640. The van der Waals surface area contributed by atoms with Crippen LogP contribution in [0.3, 0.4) is 0 Å². The number of aryl methyl sites for hydroxylation is 1. The van der Waals surface area contributed by atoms with E-state index in [0.29, 0.717) is 61.1 Å². The van der Waals surface area contributed by atoms with E-state index < -0.39 is 27.8 Å². The molecule has 5 rings (SSSR count). The van der Waals surface area contributed by atoms with Gasteiger partial charge in [-0.3, -0.25) is 14.6 Å². The van der Waals surface area contributed by atoms with Gasteiger partial charge in [0, 0.05) is 55.8 Å². The van der Waals surface area contributed by atoms with Crippen molar-refractivity contribution >= 4 is 32.7 Å². The average Bonchev–Trinajstić information content (AvgIpc) is 2.99. The molecule has 2 amide bonds. The molecule has 1 aliphatic heterocycles. The van der Waals surface area contributed by atoms with Crippen molar-refractivity contribution in [2.75, 3.05) is 26.2 Å². The van der Waals surface area contributed by atoms with Crippen LogP contribution in [0.25, 0.3) is 10.9 Å². The highest BCUT2D eigenvalue weighted by Gasteiger charge is 2.30. The molecule has 1 saturated heterocycles. The largest absolute Gasteiger partial charge is 0.416 e. The highest BCUT2D eigenvalue weighted by atomic mass is 32.2. The molecular weight excluding hydrogens is 569 g/mol. The lowest BCUT2D eigenvalue weighted by Gasteiger charge is -2.35. The van der Waals surface area contributed by atoms with Crippen LogP contribution in [0, 0.1) is 0 Å². The molecule has 1 fully saturated rings. The van der Waals surface area contributed by atoms with Crippen LogP contribution in [-0.4, -0.2) is 67.2 Å². The molecule has 3 aromatic rings. The third-order valence-corrected chi connectivity index (χ3v) is 8.89. The maximum atomic E-state index is 13.1. The first kappa shape index (κ1) is 29.5. The summed E-state index contributed by atoms with van der Waals surface area (Å²) in [5.41, 5.74) is 0.766. The van der Waals surface area contributed by atoms with Gasteiger partial charge in [-0.05, 0) is 42.7 Å². The summed E-state index contributed by atoms with van der Waals surface area (Å²) in [6, 6.07) is 12.8. The molecule has 1 N–H and O–H groups in total. The van der Waals surface area contributed by atoms with E-state index in [-0.39, 0.29) is 23.1 Å². The summed E-state index contributed by atoms with van der Waals surface area (Å²) in [5, 5.41) is 0.716. The second kappa shape index (κ2) is 12.1. The number of carbonyl (C=O) groups is 2. The number of halogens is 3. The second-order valence-electron chi connectivity index (χ2n) is 10.2. The minimum absolute atomic E-state index is 0.0895. The SMILES string of the molecule is O=C(CCc1ccc(C(F)(F)F)cc1)N1CCN(C(=O)C2=CCC(NS(=O)(=O)c3cccc4cccnc34)C=C2)CC1. The average molecular weight is 599 g/mol. The number of para-hydroxylation sites is 1. The van der Waals surface area contributed by atoms with Crippen molar-refractivity contribution in [1.29, 1.82) is 0 Å². The van der Waals surface area contributed by atoms with E-state index in [1.807, 2.05) is 0 Å². The number of amides is 2. The van der Waals surface area contributed by atoms with Gasteiger partial charge in [0.25, 0.3) is 5.91 Å². The molecule has 0 bridgehead atoms. The Morgan fingerprint density at radius 3 is 2.31 bits per heavy atom. The number of sulfonamides is 1. The van der Waals surface area contributed by atoms with E-state index in [4.69, 9.17) is 0 Å². The summed E-state index contributed by atoms with van der Waals surface area (Å²) in [7, 11) is -3.86. The lowest BCUT2D eigenvalue weighted by Crippen LogP contribution is -2.51. The molecule has 2 aromatic carbocycles. The quantitative estimate of drug-likeness (QED) is 0.442. The van der Waals surface area contributed by atoms with Gasteiger partial charge in [-0.15, -0.1) is 0 Å². The summed E-state index contributed by atoms with van der Waals surface area (Å²) >= 11 is 0. The highest BCUT2D eigenvalue weighted by Crippen LogP contribution is 2.29. The lowest BCUT2D eigenvalue weighted by atomic mass is 10.0. The van der Waals surface area contributed by atoms with Crippen molar-refractivity contribution < 1.29 is 31.2 Å². The van der Waals surface area contributed by atoms with Gasteiger partial charge in [0.1, 0.15) is 4.90 Å². The van der Waals surface area contributed by atoms with Gasteiger partial charge in [-0.2, -0.15) is 13.2 Å². The number of pyridine rings is 1. The predicted octanol–water partition coefficient (Wildman–Crippen LogP) is 4.09. The zero-order chi connectivity index (χ0) is 29.9. The first-order valence-corrected chi connectivity index (χ1v) is 15.0. The van der Waals surface area contributed by atoms with E-state index >= 15 is 0 Å². The number of piperazine rings is 1. The zero-order valence-electron chi connectivity index (χ0n) is 22.5.